The molecule has 0 amide bonds. The number of fused-ring (bicyclic) bond motifs is 1. The molecule has 3 aromatic heterocycles. The first-order valence-electron chi connectivity index (χ1n) is 8.41. The van der Waals surface area contributed by atoms with Gasteiger partial charge in [-0.25, -0.2) is 9.97 Å². The van der Waals surface area contributed by atoms with E-state index in [0.717, 1.165) is 16.6 Å². The van der Waals surface area contributed by atoms with Gasteiger partial charge in [0.15, 0.2) is 0 Å². The number of aromatic nitrogens is 4. The molecular formula is C17H22N6O3. The van der Waals surface area contributed by atoms with E-state index >= 15 is 0 Å². The molecule has 3 aromatic rings. The second-order valence-corrected chi connectivity index (χ2v) is 5.52. The van der Waals surface area contributed by atoms with Gasteiger partial charge in [0.2, 0.25) is 5.95 Å². The molecule has 0 bridgehead atoms. The summed E-state index contributed by atoms with van der Waals surface area (Å²) in [5, 5.41) is 3.97. The molecule has 0 saturated carbocycles. The van der Waals surface area contributed by atoms with E-state index < -0.39 is 0 Å². The van der Waals surface area contributed by atoms with Crippen molar-refractivity contribution in [3.8, 4) is 11.3 Å². The number of H-pyrrole nitrogens is 2. The molecule has 0 radical (unpaired) electrons. The molecule has 0 unspecified atom stereocenters. The van der Waals surface area contributed by atoms with Crippen molar-refractivity contribution in [2.45, 2.75) is 0 Å². The first-order valence-corrected chi connectivity index (χ1v) is 8.41. The van der Waals surface area contributed by atoms with Gasteiger partial charge in [0.1, 0.15) is 5.65 Å². The highest BCUT2D eigenvalue weighted by molar-refractivity contribution is 5.92. The van der Waals surface area contributed by atoms with Crippen LogP contribution < -0.4 is 16.6 Å². The van der Waals surface area contributed by atoms with E-state index in [1.807, 2.05) is 12.1 Å². The van der Waals surface area contributed by atoms with Crippen LogP contribution in [-0.4, -0.2) is 59.5 Å². The Labute approximate surface area is 150 Å². The van der Waals surface area contributed by atoms with Crippen LogP contribution in [0.4, 0.5) is 5.95 Å². The van der Waals surface area contributed by atoms with Gasteiger partial charge in [-0.1, -0.05) is 0 Å². The molecule has 9 nitrogen and oxygen atoms in total. The predicted molar refractivity (Wildman–Crippen MR) is 99.1 cm³/mol. The third-order valence-electron chi connectivity index (χ3n) is 3.64. The van der Waals surface area contributed by atoms with Gasteiger partial charge in [-0.2, -0.15) is 0 Å². The zero-order valence-corrected chi connectivity index (χ0v) is 14.3. The third kappa shape index (κ3) is 4.66. The minimum absolute atomic E-state index is 0.230. The lowest BCUT2D eigenvalue weighted by Gasteiger charge is -2.08. The molecule has 0 atom stereocenters. The van der Waals surface area contributed by atoms with Crippen molar-refractivity contribution in [3.05, 3.63) is 40.9 Å². The minimum Gasteiger partial charge on any atom is -0.378 e. The largest absolute Gasteiger partial charge is 0.378 e. The van der Waals surface area contributed by atoms with Crippen LogP contribution in [0.15, 0.2) is 35.4 Å². The second kappa shape index (κ2) is 9.09. The molecule has 26 heavy (non-hydrogen) atoms. The standard InChI is InChI=1S/C17H22N6O3/c18-3-6-25-8-9-26-7-5-20-17-22-14(10-15(24)23-17)13-11-21-16-12(13)2-1-4-19-16/h1-2,4,10-11H,3,5-9,18H2,(H,19,21)(H2,20,22,23,24). The maximum absolute atomic E-state index is 12.0. The highest BCUT2D eigenvalue weighted by Crippen LogP contribution is 2.25. The molecule has 0 aliphatic rings. The summed E-state index contributed by atoms with van der Waals surface area (Å²) in [6.45, 7) is 3.02. The predicted octanol–water partition coefficient (Wildman–Crippen LogP) is 0.717. The van der Waals surface area contributed by atoms with Crippen LogP contribution in [-0.2, 0) is 9.47 Å². The summed E-state index contributed by atoms with van der Waals surface area (Å²) in [7, 11) is 0. The second-order valence-electron chi connectivity index (χ2n) is 5.52. The Hall–Kier alpha value is -2.75. The minimum atomic E-state index is -0.230. The molecule has 0 spiro atoms. The maximum atomic E-state index is 12.0. The average molecular weight is 358 g/mol. The van der Waals surface area contributed by atoms with Crippen molar-refractivity contribution in [1.82, 2.24) is 19.9 Å². The van der Waals surface area contributed by atoms with Gasteiger partial charge in [0.25, 0.3) is 5.56 Å². The number of anilines is 1. The van der Waals surface area contributed by atoms with E-state index in [9.17, 15) is 4.79 Å². The Morgan fingerprint density at radius 2 is 2.04 bits per heavy atom. The summed E-state index contributed by atoms with van der Waals surface area (Å²) >= 11 is 0. The normalized spacial score (nSPS) is 11.1. The van der Waals surface area contributed by atoms with Gasteiger partial charge in [-0.15, -0.1) is 0 Å². The monoisotopic (exact) mass is 358 g/mol. The van der Waals surface area contributed by atoms with E-state index in [4.69, 9.17) is 15.2 Å². The zero-order chi connectivity index (χ0) is 18.2. The quantitative estimate of drug-likeness (QED) is 0.393. The summed E-state index contributed by atoms with van der Waals surface area (Å²) in [5.74, 6) is 0.397. The Kier molecular flexibility index (Phi) is 6.31. The number of pyridine rings is 1. The van der Waals surface area contributed by atoms with Crippen LogP contribution >= 0.6 is 0 Å². The molecule has 0 saturated heterocycles. The molecule has 0 aliphatic carbocycles. The van der Waals surface area contributed by atoms with E-state index in [0.29, 0.717) is 51.2 Å². The Morgan fingerprint density at radius 3 is 2.88 bits per heavy atom. The van der Waals surface area contributed by atoms with Gasteiger partial charge in [0, 0.05) is 42.5 Å². The van der Waals surface area contributed by atoms with Gasteiger partial charge in [-0.3, -0.25) is 9.78 Å². The smallest absolute Gasteiger partial charge is 0.252 e. The molecule has 9 heteroatoms. The molecule has 3 heterocycles. The SMILES string of the molecule is NCCOCCOCCNc1nc(-c2c[nH]c3ncccc23)cc(=O)[nH]1. The molecule has 3 rings (SSSR count). The number of nitrogens with one attached hydrogen (secondary N) is 3. The topological polar surface area (TPSA) is 131 Å². The molecule has 138 valence electrons. The fourth-order valence-corrected chi connectivity index (χ4v) is 2.49. The van der Waals surface area contributed by atoms with Gasteiger partial charge in [-0.05, 0) is 12.1 Å². The Bertz CT molecular complexity index is 891. The van der Waals surface area contributed by atoms with E-state index in [2.05, 4.69) is 25.3 Å². The number of ether oxygens (including phenoxy) is 2. The number of hydrogen-bond donors (Lipinski definition) is 4. The van der Waals surface area contributed by atoms with E-state index in [1.54, 1.807) is 12.4 Å². The highest BCUT2D eigenvalue weighted by atomic mass is 16.5. The summed E-state index contributed by atoms with van der Waals surface area (Å²) in [6, 6.07) is 5.25. The third-order valence-corrected chi connectivity index (χ3v) is 3.64. The number of aromatic amines is 2. The van der Waals surface area contributed by atoms with Crippen molar-refractivity contribution < 1.29 is 9.47 Å². The Morgan fingerprint density at radius 1 is 1.19 bits per heavy atom. The van der Waals surface area contributed by atoms with Crippen molar-refractivity contribution in [3.63, 3.8) is 0 Å². The lowest BCUT2D eigenvalue weighted by molar-refractivity contribution is 0.0547. The fourth-order valence-electron chi connectivity index (χ4n) is 2.49. The summed E-state index contributed by atoms with van der Waals surface area (Å²) in [6.07, 6.45) is 3.51. The highest BCUT2D eigenvalue weighted by Gasteiger charge is 2.10. The van der Waals surface area contributed by atoms with Crippen LogP contribution in [0, 0.1) is 0 Å². The molecule has 0 fully saturated rings. The van der Waals surface area contributed by atoms with Gasteiger partial charge >= 0.3 is 0 Å². The van der Waals surface area contributed by atoms with Gasteiger partial charge in [0.05, 0.1) is 32.1 Å². The molecule has 0 aliphatic heterocycles. The van der Waals surface area contributed by atoms with Crippen molar-refractivity contribution in [1.29, 1.82) is 0 Å². The lowest BCUT2D eigenvalue weighted by Crippen LogP contribution is -2.17. The molecule has 0 aromatic carbocycles. The van der Waals surface area contributed by atoms with Gasteiger partial charge < -0.3 is 25.5 Å². The van der Waals surface area contributed by atoms with Crippen molar-refractivity contribution in [2.24, 2.45) is 5.73 Å². The fraction of sp³-hybridized carbons (Fsp3) is 0.353. The van der Waals surface area contributed by atoms with Crippen LogP contribution in [0.5, 0.6) is 0 Å². The molecular weight excluding hydrogens is 336 g/mol. The first kappa shape index (κ1) is 18.1. The molecule has 5 N–H and O–H groups in total. The van der Waals surface area contributed by atoms with Crippen molar-refractivity contribution >= 4 is 17.0 Å². The van der Waals surface area contributed by atoms with Crippen LogP contribution in [0.25, 0.3) is 22.3 Å². The number of nitrogens with two attached hydrogens (primary N) is 1. The van der Waals surface area contributed by atoms with Crippen LogP contribution in [0.1, 0.15) is 0 Å². The lowest BCUT2D eigenvalue weighted by atomic mass is 10.1. The van der Waals surface area contributed by atoms with Crippen LogP contribution in [0.3, 0.4) is 0 Å². The maximum Gasteiger partial charge on any atom is 0.252 e. The number of rotatable bonds is 10. The summed E-state index contributed by atoms with van der Waals surface area (Å²) in [4.78, 5) is 26.4. The van der Waals surface area contributed by atoms with E-state index in [1.165, 1.54) is 6.07 Å². The first-order chi connectivity index (χ1) is 12.8. The van der Waals surface area contributed by atoms with Crippen LogP contribution in [0.2, 0.25) is 0 Å². The summed E-state index contributed by atoms with van der Waals surface area (Å²) < 4.78 is 10.6. The number of nitrogens with zero attached hydrogens (tertiary/aromatic N) is 2. The van der Waals surface area contributed by atoms with Crippen molar-refractivity contribution in [2.75, 3.05) is 44.8 Å². The average Bonchev–Trinajstić information content (AvgIpc) is 3.08. The van der Waals surface area contributed by atoms with E-state index in [-0.39, 0.29) is 5.56 Å². The zero-order valence-electron chi connectivity index (χ0n) is 14.3. The Balaban J connectivity index is 1.59. The summed E-state index contributed by atoms with van der Waals surface area (Å²) in [5.41, 5.74) is 7.26. The number of hydrogen-bond acceptors (Lipinski definition) is 7.